The van der Waals surface area contributed by atoms with Crippen LogP contribution in [0.4, 0.5) is 0 Å². The number of carbonyl (C=O) groups excluding carboxylic acids is 3. The maximum absolute atomic E-state index is 12.2. The standard InChI is InChI=1S/C21H23N3O4S/c1-2-14-28-19(26)13-12-18(25)22-21(29)24-23-20(27)17-10-8-16(9-11-17)15-6-4-3-5-7-15/h3-11H,2,12-14H2,1H3,(H,23,27)(H2,22,24,25,29). The fourth-order valence-electron chi connectivity index (χ4n) is 2.35. The molecule has 8 heteroatoms. The molecule has 0 bridgehead atoms. The number of nitrogens with one attached hydrogen (secondary N) is 3. The van der Waals surface area contributed by atoms with Gasteiger partial charge in [-0.3, -0.25) is 25.2 Å². The number of hydrazine groups is 1. The second-order valence-electron chi connectivity index (χ2n) is 6.12. The predicted molar refractivity (Wildman–Crippen MR) is 114 cm³/mol. The van der Waals surface area contributed by atoms with Gasteiger partial charge in [-0.15, -0.1) is 0 Å². The number of esters is 1. The third-order valence-electron chi connectivity index (χ3n) is 3.82. The molecule has 0 atom stereocenters. The second-order valence-corrected chi connectivity index (χ2v) is 6.53. The number of hydrogen-bond donors (Lipinski definition) is 3. The van der Waals surface area contributed by atoms with Gasteiger partial charge in [0.15, 0.2) is 5.11 Å². The van der Waals surface area contributed by atoms with Crippen LogP contribution in [0.3, 0.4) is 0 Å². The Kier molecular flexibility index (Phi) is 8.78. The molecule has 2 aromatic carbocycles. The summed E-state index contributed by atoms with van der Waals surface area (Å²) in [6.45, 7) is 2.22. The van der Waals surface area contributed by atoms with Crippen molar-refractivity contribution >= 4 is 35.1 Å². The molecule has 0 aliphatic heterocycles. The molecule has 2 amide bonds. The van der Waals surface area contributed by atoms with Gasteiger partial charge in [0.05, 0.1) is 13.0 Å². The van der Waals surface area contributed by atoms with Crippen LogP contribution >= 0.6 is 12.2 Å². The lowest BCUT2D eigenvalue weighted by Gasteiger charge is -2.11. The largest absolute Gasteiger partial charge is 0.466 e. The van der Waals surface area contributed by atoms with Gasteiger partial charge in [0, 0.05) is 12.0 Å². The Morgan fingerprint density at radius 3 is 2.21 bits per heavy atom. The van der Waals surface area contributed by atoms with Crippen molar-refractivity contribution in [3.8, 4) is 11.1 Å². The van der Waals surface area contributed by atoms with Crippen LogP contribution in [0.25, 0.3) is 11.1 Å². The first-order valence-corrected chi connectivity index (χ1v) is 9.61. The van der Waals surface area contributed by atoms with Gasteiger partial charge in [0.2, 0.25) is 5.91 Å². The molecule has 0 heterocycles. The van der Waals surface area contributed by atoms with Crippen LogP contribution in [0, 0.1) is 0 Å². The van der Waals surface area contributed by atoms with Crippen molar-refractivity contribution in [2.24, 2.45) is 0 Å². The normalized spacial score (nSPS) is 9.97. The first-order chi connectivity index (χ1) is 14.0. The number of carbonyl (C=O) groups is 3. The van der Waals surface area contributed by atoms with E-state index < -0.39 is 17.8 Å². The minimum atomic E-state index is -0.447. The summed E-state index contributed by atoms with van der Waals surface area (Å²) in [6, 6.07) is 16.9. The van der Waals surface area contributed by atoms with Crippen molar-refractivity contribution in [2.45, 2.75) is 26.2 Å². The average Bonchev–Trinajstić information content (AvgIpc) is 2.75. The molecule has 0 aromatic heterocycles. The van der Waals surface area contributed by atoms with E-state index in [1.807, 2.05) is 49.4 Å². The number of amides is 2. The Bertz CT molecular complexity index is 854. The summed E-state index contributed by atoms with van der Waals surface area (Å²) in [5, 5.41) is 2.32. The Morgan fingerprint density at radius 1 is 0.897 bits per heavy atom. The van der Waals surface area contributed by atoms with Gasteiger partial charge >= 0.3 is 5.97 Å². The van der Waals surface area contributed by atoms with Crippen LogP contribution in [0.15, 0.2) is 54.6 Å². The van der Waals surface area contributed by atoms with E-state index in [-0.39, 0.29) is 18.0 Å². The molecule has 152 valence electrons. The summed E-state index contributed by atoms with van der Waals surface area (Å²) < 4.78 is 4.89. The summed E-state index contributed by atoms with van der Waals surface area (Å²) in [4.78, 5) is 35.3. The van der Waals surface area contributed by atoms with Crippen LogP contribution in [-0.4, -0.2) is 29.5 Å². The lowest BCUT2D eigenvalue weighted by molar-refractivity contribution is -0.144. The maximum Gasteiger partial charge on any atom is 0.306 e. The van der Waals surface area contributed by atoms with Crippen LogP contribution < -0.4 is 16.2 Å². The van der Waals surface area contributed by atoms with Crippen molar-refractivity contribution < 1.29 is 19.1 Å². The van der Waals surface area contributed by atoms with E-state index in [2.05, 4.69) is 16.2 Å². The van der Waals surface area contributed by atoms with Crippen LogP contribution in [0.2, 0.25) is 0 Å². The van der Waals surface area contributed by atoms with Crippen molar-refractivity contribution in [3.63, 3.8) is 0 Å². The predicted octanol–water partition coefficient (Wildman–Crippen LogP) is 2.72. The number of ether oxygens (including phenoxy) is 1. The van der Waals surface area contributed by atoms with Gasteiger partial charge < -0.3 is 10.1 Å². The lowest BCUT2D eigenvalue weighted by Crippen LogP contribution is -2.48. The minimum Gasteiger partial charge on any atom is -0.466 e. The molecule has 0 spiro atoms. The highest BCUT2D eigenvalue weighted by Crippen LogP contribution is 2.19. The van der Waals surface area contributed by atoms with E-state index >= 15 is 0 Å². The number of hydrogen-bond acceptors (Lipinski definition) is 5. The summed E-state index contributed by atoms with van der Waals surface area (Å²) in [6.07, 6.45) is 0.633. The molecule has 29 heavy (non-hydrogen) atoms. The van der Waals surface area contributed by atoms with Gasteiger partial charge in [-0.1, -0.05) is 49.4 Å². The Morgan fingerprint density at radius 2 is 1.55 bits per heavy atom. The minimum absolute atomic E-state index is 0.0332. The lowest BCUT2D eigenvalue weighted by atomic mass is 10.0. The monoisotopic (exact) mass is 413 g/mol. The van der Waals surface area contributed by atoms with E-state index in [0.29, 0.717) is 12.2 Å². The molecule has 0 fully saturated rings. The van der Waals surface area contributed by atoms with Gasteiger partial charge in [0.1, 0.15) is 0 Å². The Labute approximate surface area is 174 Å². The summed E-state index contributed by atoms with van der Waals surface area (Å²) in [5.41, 5.74) is 7.37. The highest BCUT2D eigenvalue weighted by Gasteiger charge is 2.10. The molecule has 2 rings (SSSR count). The second kappa shape index (κ2) is 11.6. The molecule has 0 saturated heterocycles. The zero-order chi connectivity index (χ0) is 21.1. The molecule has 7 nitrogen and oxygen atoms in total. The van der Waals surface area contributed by atoms with Crippen LogP contribution in [-0.2, 0) is 14.3 Å². The first-order valence-electron chi connectivity index (χ1n) is 9.21. The summed E-state index contributed by atoms with van der Waals surface area (Å²) in [5.74, 6) is -1.28. The van der Waals surface area contributed by atoms with Crippen molar-refractivity contribution in [1.82, 2.24) is 16.2 Å². The highest BCUT2D eigenvalue weighted by molar-refractivity contribution is 7.80. The fourth-order valence-corrected chi connectivity index (χ4v) is 2.52. The smallest absolute Gasteiger partial charge is 0.306 e. The van der Waals surface area contributed by atoms with Gasteiger partial charge in [-0.05, 0) is 41.9 Å². The van der Waals surface area contributed by atoms with Gasteiger partial charge in [0.25, 0.3) is 5.91 Å². The average molecular weight is 413 g/mol. The highest BCUT2D eigenvalue weighted by atomic mass is 32.1. The quantitative estimate of drug-likeness (QED) is 0.367. The molecular formula is C21H23N3O4S. The summed E-state index contributed by atoms with van der Waals surface area (Å²) in [7, 11) is 0. The van der Waals surface area contributed by atoms with Crippen LogP contribution in [0.1, 0.15) is 36.5 Å². The topological polar surface area (TPSA) is 96.5 Å². The SMILES string of the molecule is CCCOC(=O)CCC(=O)NC(=S)NNC(=O)c1ccc(-c2ccccc2)cc1. The molecule has 0 aliphatic carbocycles. The Balaban J connectivity index is 1.74. The summed E-state index contributed by atoms with van der Waals surface area (Å²) >= 11 is 4.96. The van der Waals surface area contributed by atoms with E-state index in [1.54, 1.807) is 12.1 Å². The van der Waals surface area contributed by atoms with Crippen molar-refractivity contribution in [2.75, 3.05) is 6.61 Å². The maximum atomic E-state index is 12.2. The first kappa shape index (κ1) is 22.0. The van der Waals surface area contributed by atoms with E-state index in [4.69, 9.17) is 17.0 Å². The van der Waals surface area contributed by atoms with Crippen molar-refractivity contribution in [3.05, 3.63) is 60.2 Å². The number of rotatable bonds is 7. The van der Waals surface area contributed by atoms with E-state index in [9.17, 15) is 14.4 Å². The molecule has 0 radical (unpaired) electrons. The number of thiocarbonyl (C=S) groups is 1. The van der Waals surface area contributed by atoms with Crippen LogP contribution in [0.5, 0.6) is 0 Å². The van der Waals surface area contributed by atoms with E-state index in [0.717, 1.165) is 17.5 Å². The number of benzene rings is 2. The zero-order valence-corrected chi connectivity index (χ0v) is 16.9. The van der Waals surface area contributed by atoms with Gasteiger partial charge in [-0.2, -0.15) is 0 Å². The molecule has 0 saturated carbocycles. The third-order valence-corrected chi connectivity index (χ3v) is 4.02. The van der Waals surface area contributed by atoms with Crippen molar-refractivity contribution in [1.29, 1.82) is 0 Å². The van der Waals surface area contributed by atoms with E-state index in [1.165, 1.54) is 0 Å². The van der Waals surface area contributed by atoms with Gasteiger partial charge in [-0.25, -0.2) is 0 Å². The fraction of sp³-hybridized carbons (Fsp3) is 0.238. The molecular weight excluding hydrogens is 390 g/mol. The third kappa shape index (κ3) is 7.71. The molecule has 0 unspecified atom stereocenters. The molecule has 3 N–H and O–H groups in total. The molecule has 2 aromatic rings. The molecule has 0 aliphatic rings. The Hall–Kier alpha value is -3.26. The zero-order valence-electron chi connectivity index (χ0n) is 16.1.